The van der Waals surface area contributed by atoms with E-state index < -0.39 is 0 Å². The van der Waals surface area contributed by atoms with Gasteiger partial charge in [0.05, 0.1) is 32.3 Å². The third-order valence-electron chi connectivity index (χ3n) is 7.90. The Hall–Kier alpha value is -3.95. The zero-order chi connectivity index (χ0) is 31.8. The average molecular weight is 603 g/mol. The number of hydrogen-bond acceptors (Lipinski definition) is 8. The molecule has 4 aromatic carbocycles. The third kappa shape index (κ3) is 7.05. The number of carbonyl (C=O) groups excluding carboxylic acids is 1. The van der Waals surface area contributed by atoms with Crippen LogP contribution in [0.3, 0.4) is 0 Å². The number of benzene rings is 4. The largest absolute Gasteiger partial charge is 0.507 e. The summed E-state index contributed by atoms with van der Waals surface area (Å²) >= 11 is 0. The summed E-state index contributed by atoms with van der Waals surface area (Å²) in [5, 5.41) is 23.8. The molecule has 0 aromatic heterocycles. The summed E-state index contributed by atoms with van der Waals surface area (Å²) in [7, 11) is 6.34. The van der Waals surface area contributed by atoms with E-state index in [-0.39, 0.29) is 55.7 Å². The highest BCUT2D eigenvalue weighted by molar-refractivity contribution is 5.94. The van der Waals surface area contributed by atoms with Crippen molar-refractivity contribution < 1.29 is 38.7 Å². The summed E-state index contributed by atoms with van der Waals surface area (Å²) in [6.45, 7) is 4.62. The Morgan fingerprint density at radius 3 is 1.55 bits per heavy atom. The fourth-order valence-corrected chi connectivity index (χ4v) is 5.54. The van der Waals surface area contributed by atoms with Crippen molar-refractivity contribution in [2.75, 3.05) is 28.4 Å². The monoisotopic (exact) mass is 602 g/mol. The SMILES string of the molecule is CCC(C)C(=O)Oc1cccc2c(C(c3cc(COC)c(O)c(COC)c3)c3cc(COC)c(O)c(COC)c3)cccc12. The number of phenols is 2. The lowest BCUT2D eigenvalue weighted by Crippen LogP contribution is -2.17. The average Bonchev–Trinajstić information content (AvgIpc) is 3.02. The smallest absolute Gasteiger partial charge is 0.314 e. The Morgan fingerprint density at radius 1 is 0.682 bits per heavy atom. The van der Waals surface area contributed by atoms with Crippen molar-refractivity contribution in [3.63, 3.8) is 0 Å². The molecule has 0 saturated heterocycles. The molecule has 0 amide bonds. The predicted molar refractivity (Wildman–Crippen MR) is 169 cm³/mol. The summed E-state index contributed by atoms with van der Waals surface area (Å²) in [5.74, 6) is -0.144. The quantitative estimate of drug-likeness (QED) is 0.0906. The summed E-state index contributed by atoms with van der Waals surface area (Å²) in [4.78, 5) is 12.8. The molecule has 1 atom stereocenters. The molecule has 4 aromatic rings. The standard InChI is InChI=1S/C36H42O8/c1-7-22(2)36(39)44-32-13-9-10-29-30(32)11-8-12-31(29)33(23-14-25(18-40-3)34(37)26(15-23)19-41-4)24-16-27(20-42-5)35(38)28(17-24)21-43-6/h8-17,22,33,37-38H,7,18-21H2,1-6H3. The van der Waals surface area contributed by atoms with Crippen LogP contribution in [0.25, 0.3) is 10.8 Å². The number of methoxy groups -OCH3 is 4. The first-order valence-corrected chi connectivity index (χ1v) is 14.7. The second-order valence-electron chi connectivity index (χ2n) is 11.0. The Bertz CT molecular complexity index is 1480. The molecule has 44 heavy (non-hydrogen) atoms. The van der Waals surface area contributed by atoms with E-state index in [2.05, 4.69) is 0 Å². The molecule has 0 heterocycles. The number of hydrogen-bond donors (Lipinski definition) is 2. The predicted octanol–water partition coefficient (Wildman–Crippen LogP) is 6.97. The van der Waals surface area contributed by atoms with E-state index in [9.17, 15) is 15.0 Å². The van der Waals surface area contributed by atoms with E-state index in [1.165, 1.54) is 0 Å². The maximum atomic E-state index is 12.8. The van der Waals surface area contributed by atoms with Crippen LogP contribution in [0.1, 0.15) is 65.1 Å². The van der Waals surface area contributed by atoms with Crippen molar-refractivity contribution in [1.82, 2.24) is 0 Å². The topological polar surface area (TPSA) is 104 Å². The summed E-state index contributed by atoms with van der Waals surface area (Å²) in [6, 6.07) is 19.4. The molecule has 0 aliphatic carbocycles. The maximum absolute atomic E-state index is 12.8. The van der Waals surface area contributed by atoms with Gasteiger partial charge in [0.2, 0.25) is 0 Å². The van der Waals surface area contributed by atoms with E-state index in [1.54, 1.807) is 28.4 Å². The molecule has 4 rings (SSSR count). The minimum absolute atomic E-state index is 0.124. The lowest BCUT2D eigenvalue weighted by molar-refractivity contribution is -0.138. The molecule has 0 aliphatic heterocycles. The van der Waals surface area contributed by atoms with Gasteiger partial charge in [-0.25, -0.2) is 0 Å². The lowest BCUT2D eigenvalue weighted by Gasteiger charge is -2.25. The first-order valence-electron chi connectivity index (χ1n) is 14.7. The maximum Gasteiger partial charge on any atom is 0.314 e. The highest BCUT2D eigenvalue weighted by Gasteiger charge is 2.25. The number of carbonyl (C=O) groups is 1. The highest BCUT2D eigenvalue weighted by Crippen LogP contribution is 2.42. The van der Waals surface area contributed by atoms with Gasteiger partial charge in [-0.3, -0.25) is 4.79 Å². The van der Waals surface area contributed by atoms with Crippen LogP contribution in [0.5, 0.6) is 17.2 Å². The summed E-state index contributed by atoms with van der Waals surface area (Å²) < 4.78 is 27.7. The van der Waals surface area contributed by atoms with Gasteiger partial charge in [0.1, 0.15) is 17.2 Å². The Kier molecular flexibility index (Phi) is 11.4. The minimum atomic E-state index is -0.377. The van der Waals surface area contributed by atoms with Crippen molar-refractivity contribution in [2.24, 2.45) is 5.92 Å². The number of aromatic hydroxyl groups is 2. The van der Waals surface area contributed by atoms with Crippen LogP contribution >= 0.6 is 0 Å². The zero-order valence-corrected chi connectivity index (χ0v) is 26.3. The summed E-state index contributed by atoms with van der Waals surface area (Å²) in [5.41, 5.74) is 5.20. The Morgan fingerprint density at radius 2 is 1.11 bits per heavy atom. The van der Waals surface area contributed by atoms with Gasteiger partial charge in [0.15, 0.2) is 0 Å². The molecule has 2 N–H and O–H groups in total. The van der Waals surface area contributed by atoms with Gasteiger partial charge in [-0.05, 0) is 58.8 Å². The minimum Gasteiger partial charge on any atom is -0.507 e. The lowest BCUT2D eigenvalue weighted by atomic mass is 9.80. The van der Waals surface area contributed by atoms with E-state index in [0.29, 0.717) is 34.4 Å². The molecule has 1 unspecified atom stereocenters. The highest BCUT2D eigenvalue weighted by atomic mass is 16.5. The van der Waals surface area contributed by atoms with Crippen LogP contribution in [0.15, 0.2) is 60.7 Å². The van der Waals surface area contributed by atoms with Crippen LogP contribution in [-0.4, -0.2) is 44.6 Å². The molecular weight excluding hydrogens is 560 g/mol. The van der Waals surface area contributed by atoms with E-state index in [0.717, 1.165) is 27.5 Å². The van der Waals surface area contributed by atoms with Gasteiger partial charge in [0, 0.05) is 62.0 Å². The van der Waals surface area contributed by atoms with Gasteiger partial charge < -0.3 is 33.9 Å². The van der Waals surface area contributed by atoms with Gasteiger partial charge in [0.25, 0.3) is 0 Å². The first-order chi connectivity index (χ1) is 21.3. The second kappa shape index (κ2) is 15.2. The van der Waals surface area contributed by atoms with Crippen LogP contribution in [0, 0.1) is 5.92 Å². The molecule has 8 heteroatoms. The van der Waals surface area contributed by atoms with E-state index >= 15 is 0 Å². The van der Waals surface area contributed by atoms with Crippen LogP contribution in [0.4, 0.5) is 0 Å². The molecule has 8 nitrogen and oxygen atoms in total. The zero-order valence-electron chi connectivity index (χ0n) is 26.3. The molecule has 234 valence electrons. The van der Waals surface area contributed by atoms with Crippen molar-refractivity contribution in [2.45, 2.75) is 52.6 Å². The Balaban J connectivity index is 2.05. The van der Waals surface area contributed by atoms with E-state index in [1.807, 2.05) is 74.5 Å². The number of phenolic OH excluding ortho intramolecular Hbond substituents is 2. The number of fused-ring (bicyclic) bond motifs is 1. The van der Waals surface area contributed by atoms with Crippen molar-refractivity contribution >= 4 is 16.7 Å². The van der Waals surface area contributed by atoms with Gasteiger partial charge >= 0.3 is 5.97 Å². The summed E-state index contributed by atoms with van der Waals surface area (Å²) in [6.07, 6.45) is 0.680. The molecule has 0 saturated carbocycles. The molecule has 0 fully saturated rings. The van der Waals surface area contributed by atoms with E-state index in [4.69, 9.17) is 23.7 Å². The first kappa shape index (κ1) is 33.0. The normalized spacial score (nSPS) is 12.2. The van der Waals surface area contributed by atoms with Gasteiger partial charge in [-0.2, -0.15) is 0 Å². The van der Waals surface area contributed by atoms with Crippen molar-refractivity contribution in [3.05, 3.63) is 99.6 Å². The number of esters is 1. The van der Waals surface area contributed by atoms with Gasteiger partial charge in [-0.15, -0.1) is 0 Å². The number of rotatable bonds is 14. The van der Waals surface area contributed by atoms with Crippen LogP contribution in [-0.2, 0) is 50.2 Å². The molecule has 0 spiro atoms. The van der Waals surface area contributed by atoms with Crippen molar-refractivity contribution in [1.29, 1.82) is 0 Å². The molecule has 0 aliphatic rings. The fourth-order valence-electron chi connectivity index (χ4n) is 5.54. The number of ether oxygens (including phenoxy) is 5. The molecule has 0 radical (unpaired) electrons. The third-order valence-corrected chi connectivity index (χ3v) is 7.90. The Labute approximate surface area is 259 Å². The van der Waals surface area contributed by atoms with Crippen LogP contribution in [0.2, 0.25) is 0 Å². The molecular formula is C36H42O8. The fraction of sp³-hybridized carbons (Fsp3) is 0.361. The van der Waals surface area contributed by atoms with Crippen molar-refractivity contribution in [3.8, 4) is 17.2 Å². The van der Waals surface area contributed by atoms with Crippen LogP contribution < -0.4 is 4.74 Å². The second-order valence-corrected chi connectivity index (χ2v) is 11.0. The molecule has 0 bridgehead atoms. The van der Waals surface area contributed by atoms with Gasteiger partial charge in [-0.1, -0.05) is 44.2 Å².